The van der Waals surface area contributed by atoms with Crippen molar-refractivity contribution >= 4 is 5.97 Å². The lowest BCUT2D eigenvalue weighted by molar-refractivity contribution is -0.152. The van der Waals surface area contributed by atoms with Gasteiger partial charge in [-0.05, 0) is 37.5 Å². The molecule has 1 saturated carbocycles. The number of fused-ring (bicyclic) bond motifs is 2. The molecule has 4 atom stereocenters. The molecule has 1 saturated heterocycles. The van der Waals surface area contributed by atoms with Gasteiger partial charge < -0.3 is 9.47 Å². The maximum atomic E-state index is 11.9. The lowest BCUT2D eigenvalue weighted by atomic mass is 9.94. The van der Waals surface area contributed by atoms with Crippen molar-refractivity contribution in [1.29, 1.82) is 0 Å². The molecule has 3 nitrogen and oxygen atoms in total. The van der Waals surface area contributed by atoms with Crippen LogP contribution in [0.15, 0.2) is 12.2 Å². The van der Waals surface area contributed by atoms with Gasteiger partial charge in [0.1, 0.15) is 6.61 Å². The lowest BCUT2D eigenvalue weighted by Gasteiger charge is -2.18. The van der Waals surface area contributed by atoms with Crippen molar-refractivity contribution in [3.63, 3.8) is 0 Å². The van der Waals surface area contributed by atoms with E-state index in [-0.39, 0.29) is 18.0 Å². The third-order valence-electron chi connectivity index (χ3n) is 4.02. The van der Waals surface area contributed by atoms with Crippen molar-refractivity contribution in [2.45, 2.75) is 31.8 Å². The van der Waals surface area contributed by atoms with Crippen molar-refractivity contribution in [1.82, 2.24) is 0 Å². The van der Waals surface area contributed by atoms with Gasteiger partial charge in [-0.3, -0.25) is 4.79 Å². The van der Waals surface area contributed by atoms with E-state index in [4.69, 9.17) is 9.47 Å². The lowest BCUT2D eigenvalue weighted by Crippen LogP contribution is -2.25. The van der Waals surface area contributed by atoms with Gasteiger partial charge in [0.05, 0.1) is 12.0 Å². The van der Waals surface area contributed by atoms with E-state index in [2.05, 4.69) is 12.2 Å². The predicted molar refractivity (Wildman–Crippen MR) is 58.8 cm³/mol. The molecule has 0 radical (unpaired) electrons. The Morgan fingerprint density at radius 2 is 2.31 bits per heavy atom. The summed E-state index contributed by atoms with van der Waals surface area (Å²) in [5, 5.41) is 0. The van der Waals surface area contributed by atoms with Gasteiger partial charge in [-0.25, -0.2) is 0 Å². The Balaban J connectivity index is 1.48. The van der Waals surface area contributed by atoms with Crippen molar-refractivity contribution in [3.8, 4) is 0 Å². The van der Waals surface area contributed by atoms with Crippen LogP contribution in [0.4, 0.5) is 0 Å². The van der Waals surface area contributed by atoms with Crippen molar-refractivity contribution in [3.05, 3.63) is 12.2 Å². The molecule has 0 unspecified atom stereocenters. The first-order chi connectivity index (χ1) is 7.83. The monoisotopic (exact) mass is 222 g/mol. The number of rotatable bonds is 3. The minimum absolute atomic E-state index is 0.00708. The van der Waals surface area contributed by atoms with Crippen LogP contribution in [-0.2, 0) is 14.3 Å². The number of ether oxygens (including phenoxy) is 2. The first-order valence-corrected chi connectivity index (χ1v) is 6.29. The van der Waals surface area contributed by atoms with Gasteiger partial charge in [-0.1, -0.05) is 12.2 Å². The fourth-order valence-electron chi connectivity index (χ4n) is 3.11. The molecule has 0 aromatic heterocycles. The molecule has 88 valence electrons. The molecule has 3 rings (SSSR count). The summed E-state index contributed by atoms with van der Waals surface area (Å²) in [6.07, 6.45) is 8.85. The first kappa shape index (κ1) is 10.3. The molecule has 2 bridgehead atoms. The highest BCUT2D eigenvalue weighted by atomic mass is 16.6. The molecule has 1 aliphatic heterocycles. The molecular formula is C13H18O3. The van der Waals surface area contributed by atoms with Crippen LogP contribution in [0.2, 0.25) is 0 Å². The Bertz CT molecular complexity index is 304. The van der Waals surface area contributed by atoms with Gasteiger partial charge >= 0.3 is 5.97 Å². The van der Waals surface area contributed by atoms with Crippen LogP contribution in [0.5, 0.6) is 0 Å². The summed E-state index contributed by atoms with van der Waals surface area (Å²) in [7, 11) is 0. The topological polar surface area (TPSA) is 35.5 Å². The molecular weight excluding hydrogens is 204 g/mol. The standard InChI is InChI=1S/C13H18O3/c14-13(16-8-11-2-1-5-15-11)12-7-9-3-4-10(12)6-9/h3-4,9-12H,1-2,5-8H2/t9-,10+,11+,12-/m1/s1. The molecule has 0 aromatic rings. The summed E-state index contributed by atoms with van der Waals surface area (Å²) in [5.41, 5.74) is 0. The van der Waals surface area contributed by atoms with E-state index in [1.165, 1.54) is 0 Å². The molecule has 2 aliphatic carbocycles. The van der Waals surface area contributed by atoms with Crippen LogP contribution < -0.4 is 0 Å². The van der Waals surface area contributed by atoms with E-state index in [1.807, 2.05) is 0 Å². The number of allylic oxidation sites excluding steroid dienone is 2. The van der Waals surface area contributed by atoms with Crippen molar-refractivity contribution in [2.24, 2.45) is 17.8 Å². The Hall–Kier alpha value is -0.830. The van der Waals surface area contributed by atoms with Crippen molar-refractivity contribution < 1.29 is 14.3 Å². The minimum Gasteiger partial charge on any atom is -0.463 e. The Morgan fingerprint density at radius 1 is 1.38 bits per heavy atom. The number of esters is 1. The van der Waals surface area contributed by atoms with Crippen LogP contribution in [0.25, 0.3) is 0 Å². The summed E-state index contributed by atoms with van der Waals surface area (Å²) in [4.78, 5) is 11.9. The third-order valence-corrected chi connectivity index (χ3v) is 4.02. The normalized spacial score (nSPS) is 40.5. The number of carbonyl (C=O) groups is 1. The SMILES string of the molecule is O=C(OC[C@@H]1CCCO1)[C@@H]1C[C@@H]2C=C[C@H]1C2. The van der Waals surface area contributed by atoms with Crippen LogP contribution >= 0.6 is 0 Å². The second kappa shape index (κ2) is 4.21. The Morgan fingerprint density at radius 3 is 2.94 bits per heavy atom. The summed E-state index contributed by atoms with van der Waals surface area (Å²) < 4.78 is 10.8. The fraction of sp³-hybridized carbons (Fsp3) is 0.769. The van der Waals surface area contributed by atoms with Crippen LogP contribution in [0.1, 0.15) is 25.7 Å². The molecule has 0 N–H and O–H groups in total. The zero-order chi connectivity index (χ0) is 11.0. The molecule has 0 spiro atoms. The first-order valence-electron chi connectivity index (χ1n) is 6.29. The largest absolute Gasteiger partial charge is 0.463 e. The molecule has 16 heavy (non-hydrogen) atoms. The van der Waals surface area contributed by atoms with E-state index in [9.17, 15) is 4.79 Å². The number of carbonyl (C=O) groups excluding carboxylic acids is 1. The molecule has 1 heterocycles. The summed E-state index contributed by atoms with van der Waals surface area (Å²) in [6.45, 7) is 1.27. The van der Waals surface area contributed by atoms with E-state index in [0.29, 0.717) is 18.4 Å². The van der Waals surface area contributed by atoms with Gasteiger partial charge in [-0.15, -0.1) is 0 Å². The molecule has 2 fully saturated rings. The average Bonchev–Trinajstić information content (AvgIpc) is 3.01. The molecule has 0 aromatic carbocycles. The molecule has 3 aliphatic rings. The zero-order valence-corrected chi connectivity index (χ0v) is 9.43. The van der Waals surface area contributed by atoms with E-state index >= 15 is 0 Å². The third kappa shape index (κ3) is 1.88. The van der Waals surface area contributed by atoms with Gasteiger partial charge in [0.15, 0.2) is 0 Å². The average molecular weight is 222 g/mol. The summed E-state index contributed by atoms with van der Waals surface area (Å²) >= 11 is 0. The fourth-order valence-corrected chi connectivity index (χ4v) is 3.11. The zero-order valence-electron chi connectivity index (χ0n) is 9.43. The van der Waals surface area contributed by atoms with Gasteiger partial charge in [0.2, 0.25) is 0 Å². The summed E-state index contributed by atoms with van der Waals surface area (Å²) in [6, 6.07) is 0. The second-order valence-corrected chi connectivity index (χ2v) is 5.15. The van der Waals surface area contributed by atoms with Gasteiger partial charge in [0.25, 0.3) is 0 Å². The van der Waals surface area contributed by atoms with E-state index in [0.717, 1.165) is 32.3 Å². The maximum absolute atomic E-state index is 11.9. The molecule has 0 amide bonds. The Labute approximate surface area is 95.8 Å². The minimum atomic E-state index is -0.00708. The van der Waals surface area contributed by atoms with Crippen LogP contribution in [0, 0.1) is 17.8 Å². The van der Waals surface area contributed by atoms with Gasteiger partial charge in [0, 0.05) is 6.61 Å². The van der Waals surface area contributed by atoms with Gasteiger partial charge in [-0.2, -0.15) is 0 Å². The predicted octanol–water partition coefficient (Wildman–Crippen LogP) is 1.92. The summed E-state index contributed by atoms with van der Waals surface area (Å²) in [5.74, 6) is 1.19. The highest BCUT2D eigenvalue weighted by Crippen LogP contribution is 2.43. The highest BCUT2D eigenvalue weighted by molar-refractivity contribution is 5.74. The maximum Gasteiger partial charge on any atom is 0.309 e. The van der Waals surface area contributed by atoms with E-state index < -0.39 is 0 Å². The highest BCUT2D eigenvalue weighted by Gasteiger charge is 2.40. The molecule has 3 heteroatoms. The quantitative estimate of drug-likeness (QED) is 0.540. The second-order valence-electron chi connectivity index (χ2n) is 5.15. The van der Waals surface area contributed by atoms with E-state index in [1.54, 1.807) is 0 Å². The Kier molecular flexibility index (Phi) is 2.72. The van der Waals surface area contributed by atoms with Crippen molar-refractivity contribution in [2.75, 3.05) is 13.2 Å². The number of hydrogen-bond acceptors (Lipinski definition) is 3. The van der Waals surface area contributed by atoms with Crippen LogP contribution in [0.3, 0.4) is 0 Å². The van der Waals surface area contributed by atoms with Crippen LogP contribution in [-0.4, -0.2) is 25.3 Å². The smallest absolute Gasteiger partial charge is 0.309 e. The number of hydrogen-bond donors (Lipinski definition) is 0.